The van der Waals surface area contributed by atoms with Crippen LogP contribution in [-0.4, -0.2) is 37.0 Å². The first kappa shape index (κ1) is 17.8. The first-order chi connectivity index (χ1) is 9.66. The molecule has 0 aliphatic heterocycles. The molecule has 1 aromatic rings. The molecule has 0 aromatic heterocycles. The number of benzene rings is 1. The number of halogens is 1. The fraction of sp³-hybridized carbons (Fsp3) is 0.562. The van der Waals surface area contributed by atoms with Crippen LogP contribution in [0.5, 0.6) is 5.75 Å². The summed E-state index contributed by atoms with van der Waals surface area (Å²) in [6, 6.07) is 9.96. The molecule has 2 atom stereocenters. The first-order valence-electron chi connectivity index (χ1n) is 7.35. The summed E-state index contributed by atoms with van der Waals surface area (Å²) in [6.07, 6.45) is 3.59. The largest absolute Gasteiger partial charge is 0.494 e. The molecule has 2 unspecified atom stereocenters. The van der Waals surface area contributed by atoms with Gasteiger partial charge < -0.3 is 15.4 Å². The Morgan fingerprint density at radius 3 is 2.67 bits per heavy atom. The van der Waals surface area contributed by atoms with E-state index in [1.807, 2.05) is 42.3 Å². The fourth-order valence-electron chi connectivity index (χ4n) is 2.67. The molecule has 0 radical (unpaired) electrons. The molecule has 4 nitrogen and oxygen atoms in total. The van der Waals surface area contributed by atoms with E-state index in [2.05, 4.69) is 0 Å². The summed E-state index contributed by atoms with van der Waals surface area (Å²) in [4.78, 5) is 14.0. The van der Waals surface area contributed by atoms with Gasteiger partial charge in [0.25, 0.3) is 0 Å². The van der Waals surface area contributed by atoms with Crippen molar-refractivity contribution < 1.29 is 9.53 Å². The van der Waals surface area contributed by atoms with E-state index in [0.717, 1.165) is 38.0 Å². The smallest absolute Gasteiger partial charge is 0.225 e. The first-order valence-corrected chi connectivity index (χ1v) is 7.35. The number of hydrogen-bond acceptors (Lipinski definition) is 3. The molecular formula is C16H25ClN2O2. The molecule has 1 aliphatic rings. The van der Waals surface area contributed by atoms with Gasteiger partial charge in [-0.3, -0.25) is 4.79 Å². The Kier molecular flexibility index (Phi) is 7.54. The number of para-hydroxylation sites is 1. The quantitative estimate of drug-likeness (QED) is 0.821. The van der Waals surface area contributed by atoms with Crippen LogP contribution in [0.25, 0.3) is 0 Å². The maximum absolute atomic E-state index is 12.2. The van der Waals surface area contributed by atoms with Crippen LogP contribution in [0.1, 0.15) is 25.7 Å². The topological polar surface area (TPSA) is 55.6 Å². The summed E-state index contributed by atoms with van der Waals surface area (Å²) in [5.74, 6) is 1.24. The van der Waals surface area contributed by atoms with Crippen molar-refractivity contribution in [2.75, 3.05) is 20.2 Å². The number of hydrogen-bond donors (Lipinski definition) is 1. The third kappa shape index (κ3) is 5.56. The summed E-state index contributed by atoms with van der Waals surface area (Å²) in [5.41, 5.74) is 5.86. The minimum atomic E-state index is 0. The highest BCUT2D eigenvalue weighted by molar-refractivity contribution is 5.85. The normalized spacial score (nSPS) is 20.7. The van der Waals surface area contributed by atoms with Crippen molar-refractivity contribution in [1.82, 2.24) is 4.90 Å². The summed E-state index contributed by atoms with van der Waals surface area (Å²) >= 11 is 0. The molecule has 118 valence electrons. The monoisotopic (exact) mass is 312 g/mol. The van der Waals surface area contributed by atoms with Gasteiger partial charge in [0.15, 0.2) is 0 Å². The van der Waals surface area contributed by atoms with Crippen LogP contribution in [0.2, 0.25) is 0 Å². The standard InChI is InChI=1S/C16H24N2O2.ClH/c1-18(16(19)13-8-9-14(17)12-13)10-5-11-20-15-6-3-2-4-7-15;/h2-4,6-7,13-14H,5,8-12,17H2,1H3;1H. The molecule has 1 fully saturated rings. The lowest BCUT2D eigenvalue weighted by atomic mass is 10.1. The highest BCUT2D eigenvalue weighted by Gasteiger charge is 2.29. The summed E-state index contributed by atoms with van der Waals surface area (Å²) in [5, 5.41) is 0. The molecule has 5 heteroatoms. The highest BCUT2D eigenvalue weighted by Crippen LogP contribution is 2.25. The zero-order valence-corrected chi connectivity index (χ0v) is 13.3. The Balaban J connectivity index is 0.00000220. The Labute approximate surface area is 133 Å². The van der Waals surface area contributed by atoms with Crippen LogP contribution < -0.4 is 10.5 Å². The third-order valence-electron chi connectivity index (χ3n) is 3.85. The van der Waals surface area contributed by atoms with Gasteiger partial charge in [-0.2, -0.15) is 0 Å². The van der Waals surface area contributed by atoms with Crippen LogP contribution in [0.4, 0.5) is 0 Å². The number of amides is 1. The van der Waals surface area contributed by atoms with Gasteiger partial charge in [0.05, 0.1) is 6.61 Å². The van der Waals surface area contributed by atoms with Crippen molar-refractivity contribution in [2.45, 2.75) is 31.7 Å². The van der Waals surface area contributed by atoms with Crippen molar-refractivity contribution in [1.29, 1.82) is 0 Å². The minimum absolute atomic E-state index is 0. The average molecular weight is 313 g/mol. The van der Waals surface area contributed by atoms with Gasteiger partial charge in [0.1, 0.15) is 5.75 Å². The van der Waals surface area contributed by atoms with Crippen LogP contribution in [-0.2, 0) is 4.79 Å². The second kappa shape index (κ2) is 8.90. The fourth-order valence-corrected chi connectivity index (χ4v) is 2.67. The molecule has 2 N–H and O–H groups in total. The van der Waals surface area contributed by atoms with Gasteiger partial charge in [0, 0.05) is 25.6 Å². The van der Waals surface area contributed by atoms with Crippen molar-refractivity contribution in [3.8, 4) is 5.75 Å². The van der Waals surface area contributed by atoms with E-state index in [1.54, 1.807) is 0 Å². The van der Waals surface area contributed by atoms with Crippen molar-refractivity contribution in [3.05, 3.63) is 30.3 Å². The van der Waals surface area contributed by atoms with E-state index >= 15 is 0 Å². The maximum atomic E-state index is 12.2. The molecule has 21 heavy (non-hydrogen) atoms. The van der Waals surface area contributed by atoms with Crippen molar-refractivity contribution >= 4 is 18.3 Å². The zero-order valence-electron chi connectivity index (χ0n) is 12.5. The lowest BCUT2D eigenvalue weighted by Crippen LogP contribution is -2.33. The van der Waals surface area contributed by atoms with Crippen molar-refractivity contribution in [2.24, 2.45) is 11.7 Å². The Morgan fingerprint density at radius 1 is 1.33 bits per heavy atom. The molecule has 0 spiro atoms. The lowest BCUT2D eigenvalue weighted by Gasteiger charge is -2.21. The minimum Gasteiger partial charge on any atom is -0.494 e. The van der Waals surface area contributed by atoms with Gasteiger partial charge in [-0.05, 0) is 37.8 Å². The van der Waals surface area contributed by atoms with Crippen molar-refractivity contribution in [3.63, 3.8) is 0 Å². The summed E-state index contributed by atoms with van der Waals surface area (Å²) < 4.78 is 5.62. The molecule has 0 heterocycles. The summed E-state index contributed by atoms with van der Waals surface area (Å²) in [7, 11) is 1.87. The SMILES string of the molecule is CN(CCCOc1ccccc1)C(=O)C1CCC(N)C1.Cl. The van der Waals surface area contributed by atoms with E-state index < -0.39 is 0 Å². The van der Waals surface area contributed by atoms with Gasteiger partial charge in [0.2, 0.25) is 5.91 Å². The van der Waals surface area contributed by atoms with Gasteiger partial charge >= 0.3 is 0 Å². The van der Waals surface area contributed by atoms with E-state index in [9.17, 15) is 4.79 Å². The number of nitrogens with two attached hydrogens (primary N) is 1. The zero-order chi connectivity index (χ0) is 14.4. The van der Waals surface area contributed by atoms with E-state index in [4.69, 9.17) is 10.5 Å². The third-order valence-corrected chi connectivity index (χ3v) is 3.85. The Morgan fingerprint density at radius 2 is 2.05 bits per heavy atom. The number of ether oxygens (including phenoxy) is 1. The number of carbonyl (C=O) groups excluding carboxylic acids is 1. The summed E-state index contributed by atoms with van der Waals surface area (Å²) in [6.45, 7) is 1.36. The lowest BCUT2D eigenvalue weighted by molar-refractivity contribution is -0.134. The molecule has 2 rings (SSSR count). The number of carbonyl (C=O) groups is 1. The predicted molar refractivity (Wildman–Crippen MR) is 86.8 cm³/mol. The van der Waals surface area contributed by atoms with Gasteiger partial charge in [-0.25, -0.2) is 0 Å². The molecule has 1 aliphatic carbocycles. The van der Waals surface area contributed by atoms with E-state index in [-0.39, 0.29) is 30.3 Å². The van der Waals surface area contributed by atoms with Crippen LogP contribution in [0.3, 0.4) is 0 Å². The number of nitrogens with zero attached hydrogens (tertiary/aromatic N) is 1. The van der Waals surface area contributed by atoms with Gasteiger partial charge in [-0.15, -0.1) is 12.4 Å². The van der Waals surface area contributed by atoms with E-state index in [1.165, 1.54) is 0 Å². The van der Waals surface area contributed by atoms with E-state index in [0.29, 0.717) is 6.61 Å². The Bertz CT molecular complexity index is 428. The highest BCUT2D eigenvalue weighted by atomic mass is 35.5. The van der Waals surface area contributed by atoms with Crippen LogP contribution >= 0.6 is 12.4 Å². The molecule has 1 aromatic carbocycles. The maximum Gasteiger partial charge on any atom is 0.225 e. The second-order valence-corrected chi connectivity index (χ2v) is 5.54. The second-order valence-electron chi connectivity index (χ2n) is 5.54. The predicted octanol–water partition coefficient (Wildman–Crippen LogP) is 2.46. The van der Waals surface area contributed by atoms with Crippen LogP contribution in [0, 0.1) is 5.92 Å². The Hall–Kier alpha value is -1.26. The number of rotatable bonds is 6. The molecular weight excluding hydrogens is 288 g/mol. The molecule has 0 saturated heterocycles. The molecule has 1 amide bonds. The average Bonchev–Trinajstić information content (AvgIpc) is 2.90. The van der Waals surface area contributed by atoms with Gasteiger partial charge in [-0.1, -0.05) is 18.2 Å². The molecule has 0 bridgehead atoms. The van der Waals surface area contributed by atoms with Crippen LogP contribution in [0.15, 0.2) is 30.3 Å². The molecule has 1 saturated carbocycles.